The predicted molar refractivity (Wildman–Crippen MR) is 101 cm³/mol. The second-order valence-corrected chi connectivity index (χ2v) is 8.09. The van der Waals surface area contributed by atoms with E-state index in [1.807, 2.05) is 6.07 Å². The van der Waals surface area contributed by atoms with Crippen molar-refractivity contribution in [2.24, 2.45) is 7.05 Å². The summed E-state index contributed by atoms with van der Waals surface area (Å²) in [6.07, 6.45) is 3.48. The van der Waals surface area contributed by atoms with Crippen molar-refractivity contribution < 1.29 is 4.74 Å². The molecule has 5 heteroatoms. The second kappa shape index (κ2) is 6.79. The first kappa shape index (κ1) is 17.9. The van der Waals surface area contributed by atoms with Gasteiger partial charge in [0.05, 0.1) is 18.3 Å². The van der Waals surface area contributed by atoms with Gasteiger partial charge < -0.3 is 14.6 Å². The van der Waals surface area contributed by atoms with E-state index in [2.05, 4.69) is 55.7 Å². The highest BCUT2D eigenvalue weighted by Crippen LogP contribution is 2.34. The van der Waals surface area contributed by atoms with Gasteiger partial charge in [0.15, 0.2) is 0 Å². The van der Waals surface area contributed by atoms with Crippen molar-refractivity contribution in [3.8, 4) is 0 Å². The van der Waals surface area contributed by atoms with Crippen LogP contribution in [0.15, 0.2) is 12.1 Å². The second-order valence-electron chi connectivity index (χ2n) is 8.09. The van der Waals surface area contributed by atoms with Crippen LogP contribution in [-0.2, 0) is 30.2 Å². The first-order chi connectivity index (χ1) is 11.8. The summed E-state index contributed by atoms with van der Waals surface area (Å²) in [5.41, 5.74) is 5.00. The molecule has 0 amide bonds. The van der Waals surface area contributed by atoms with Crippen LogP contribution in [0.2, 0.25) is 0 Å². The minimum absolute atomic E-state index is 0.0960. The van der Waals surface area contributed by atoms with Crippen LogP contribution in [0, 0.1) is 6.92 Å². The number of nitrogens with one attached hydrogen (secondary N) is 1. The molecule has 1 unspecified atom stereocenters. The largest absolute Gasteiger partial charge is 0.378 e. The van der Waals surface area contributed by atoms with E-state index in [1.54, 1.807) is 7.11 Å². The van der Waals surface area contributed by atoms with Gasteiger partial charge >= 0.3 is 0 Å². The summed E-state index contributed by atoms with van der Waals surface area (Å²) in [7, 11) is 3.86. The van der Waals surface area contributed by atoms with Crippen molar-refractivity contribution in [3.63, 3.8) is 0 Å². The smallest absolute Gasteiger partial charge is 0.136 e. The van der Waals surface area contributed by atoms with Gasteiger partial charge in [-0.3, -0.25) is 0 Å². The van der Waals surface area contributed by atoms with E-state index in [0.29, 0.717) is 12.6 Å². The van der Waals surface area contributed by atoms with Crippen LogP contribution in [0.5, 0.6) is 0 Å². The van der Waals surface area contributed by atoms with Crippen LogP contribution in [0.3, 0.4) is 0 Å². The Labute approximate surface area is 150 Å². The maximum atomic E-state index is 5.29. The number of hydrogen-bond acceptors (Lipinski definition) is 4. The average Bonchev–Trinajstić information content (AvgIpc) is 2.83. The molecule has 5 nitrogen and oxygen atoms in total. The van der Waals surface area contributed by atoms with E-state index in [4.69, 9.17) is 9.72 Å². The molecule has 2 heterocycles. The molecule has 0 aliphatic heterocycles. The van der Waals surface area contributed by atoms with Gasteiger partial charge in [0, 0.05) is 37.0 Å². The van der Waals surface area contributed by atoms with E-state index in [1.165, 1.54) is 23.4 Å². The van der Waals surface area contributed by atoms with Crippen molar-refractivity contribution in [3.05, 3.63) is 40.6 Å². The number of methoxy groups -OCH3 is 1. The molecular weight excluding hydrogens is 312 g/mol. The summed E-state index contributed by atoms with van der Waals surface area (Å²) in [6, 6.07) is 4.64. The molecule has 1 atom stereocenters. The first-order valence-electron chi connectivity index (χ1n) is 9.08. The van der Waals surface area contributed by atoms with Crippen LogP contribution < -0.4 is 5.32 Å². The number of aryl methyl sites for hydroxylation is 1. The molecule has 0 radical (unpaired) electrons. The van der Waals surface area contributed by atoms with Crippen molar-refractivity contribution in [2.45, 2.75) is 65.0 Å². The molecule has 0 saturated heterocycles. The molecule has 2 aromatic heterocycles. The number of rotatable bonds is 4. The molecule has 2 aromatic rings. The number of hydrogen-bond donors (Lipinski definition) is 1. The molecule has 25 heavy (non-hydrogen) atoms. The summed E-state index contributed by atoms with van der Waals surface area (Å²) in [6.45, 7) is 9.10. The fourth-order valence-electron chi connectivity index (χ4n) is 3.51. The molecule has 136 valence electrons. The number of ether oxygens (including phenoxy) is 1. The highest BCUT2D eigenvalue weighted by atomic mass is 16.5. The lowest BCUT2D eigenvalue weighted by molar-refractivity contribution is 0.181. The minimum atomic E-state index is -0.0960. The van der Waals surface area contributed by atoms with Crippen molar-refractivity contribution in [1.29, 1.82) is 0 Å². The SMILES string of the molecule is COCc1cc(NC2CCCc3c2cc(C)n3C)nc(C(C)(C)C)n1. The standard InChI is InChI=1S/C20H30N4O/c1-13-10-15-16(8-7-9-17(15)24(13)5)22-18-11-14(12-25-6)21-19(23-18)20(2,3)4/h10-11,16H,7-9,12H2,1-6H3,(H,21,22,23). The van der Waals surface area contributed by atoms with Gasteiger partial charge in [0.1, 0.15) is 11.6 Å². The van der Waals surface area contributed by atoms with Crippen molar-refractivity contribution in [2.75, 3.05) is 12.4 Å². The highest BCUT2D eigenvalue weighted by Gasteiger charge is 2.25. The van der Waals surface area contributed by atoms with Crippen molar-refractivity contribution in [1.82, 2.24) is 14.5 Å². The van der Waals surface area contributed by atoms with E-state index < -0.39 is 0 Å². The zero-order chi connectivity index (χ0) is 18.2. The lowest BCUT2D eigenvalue weighted by Gasteiger charge is -2.26. The summed E-state index contributed by atoms with van der Waals surface area (Å²) in [4.78, 5) is 9.47. The molecule has 0 aromatic carbocycles. The minimum Gasteiger partial charge on any atom is -0.378 e. The summed E-state index contributed by atoms with van der Waals surface area (Å²) >= 11 is 0. The Kier molecular flexibility index (Phi) is 4.87. The normalized spacial score (nSPS) is 17.4. The molecule has 1 N–H and O–H groups in total. The number of nitrogens with zero attached hydrogens (tertiary/aromatic N) is 3. The fraction of sp³-hybridized carbons (Fsp3) is 0.600. The van der Waals surface area contributed by atoms with Gasteiger partial charge in [-0.1, -0.05) is 20.8 Å². The monoisotopic (exact) mass is 342 g/mol. The zero-order valence-corrected chi connectivity index (χ0v) is 16.3. The Balaban J connectivity index is 1.93. The van der Waals surface area contributed by atoms with E-state index in [-0.39, 0.29) is 5.41 Å². The predicted octanol–water partition coefficient (Wildman–Crippen LogP) is 4.06. The lowest BCUT2D eigenvalue weighted by Crippen LogP contribution is -2.21. The van der Waals surface area contributed by atoms with Gasteiger partial charge in [-0.05, 0) is 37.8 Å². The Morgan fingerprint density at radius 2 is 2.04 bits per heavy atom. The van der Waals surface area contributed by atoms with Crippen LogP contribution in [0.25, 0.3) is 0 Å². The third kappa shape index (κ3) is 3.71. The van der Waals surface area contributed by atoms with E-state index >= 15 is 0 Å². The lowest BCUT2D eigenvalue weighted by atomic mass is 9.92. The molecule has 0 fully saturated rings. The van der Waals surface area contributed by atoms with Gasteiger partial charge in [0.25, 0.3) is 0 Å². The maximum Gasteiger partial charge on any atom is 0.136 e. The Morgan fingerprint density at radius 1 is 1.28 bits per heavy atom. The Morgan fingerprint density at radius 3 is 2.72 bits per heavy atom. The van der Waals surface area contributed by atoms with Gasteiger partial charge in [-0.25, -0.2) is 9.97 Å². The summed E-state index contributed by atoms with van der Waals surface area (Å²) in [5.74, 6) is 1.75. The molecule has 1 aliphatic rings. The average molecular weight is 342 g/mol. The van der Waals surface area contributed by atoms with Crippen LogP contribution in [-0.4, -0.2) is 21.6 Å². The maximum absolute atomic E-state index is 5.29. The fourth-order valence-corrected chi connectivity index (χ4v) is 3.51. The van der Waals surface area contributed by atoms with Gasteiger partial charge in [0.2, 0.25) is 0 Å². The number of fused-ring (bicyclic) bond motifs is 1. The molecule has 0 bridgehead atoms. The Hall–Kier alpha value is -1.88. The zero-order valence-electron chi connectivity index (χ0n) is 16.3. The van der Waals surface area contributed by atoms with E-state index in [9.17, 15) is 0 Å². The Bertz CT molecular complexity index is 758. The van der Waals surface area contributed by atoms with Crippen molar-refractivity contribution >= 4 is 5.82 Å². The quantitative estimate of drug-likeness (QED) is 0.910. The summed E-state index contributed by atoms with van der Waals surface area (Å²) in [5, 5.41) is 3.67. The van der Waals surface area contributed by atoms with Crippen LogP contribution in [0.1, 0.15) is 68.1 Å². The number of aromatic nitrogens is 3. The molecule has 3 rings (SSSR count). The topological polar surface area (TPSA) is 52.0 Å². The van der Waals surface area contributed by atoms with Gasteiger partial charge in [-0.2, -0.15) is 0 Å². The third-order valence-electron chi connectivity index (χ3n) is 4.98. The molecular formula is C20H30N4O. The molecule has 0 spiro atoms. The van der Waals surface area contributed by atoms with Gasteiger partial charge in [-0.15, -0.1) is 0 Å². The third-order valence-corrected chi connectivity index (χ3v) is 4.98. The van der Waals surface area contributed by atoms with Crippen LogP contribution >= 0.6 is 0 Å². The molecule has 1 aliphatic carbocycles. The molecule has 0 saturated carbocycles. The van der Waals surface area contributed by atoms with E-state index in [0.717, 1.165) is 30.2 Å². The highest BCUT2D eigenvalue weighted by molar-refractivity contribution is 5.43. The van der Waals surface area contributed by atoms with Crippen LogP contribution in [0.4, 0.5) is 5.82 Å². The summed E-state index contributed by atoms with van der Waals surface area (Å²) < 4.78 is 7.61. The first-order valence-corrected chi connectivity index (χ1v) is 9.08. The number of anilines is 1.